The van der Waals surface area contributed by atoms with Gasteiger partial charge >= 0.3 is 0 Å². The first kappa shape index (κ1) is 20.3. The van der Waals surface area contributed by atoms with Gasteiger partial charge in [0.15, 0.2) is 5.96 Å². The fourth-order valence-electron chi connectivity index (χ4n) is 2.86. The Kier molecular flexibility index (Phi) is 9.23. The summed E-state index contributed by atoms with van der Waals surface area (Å²) in [7, 11) is 3.52. The Morgan fingerprint density at radius 2 is 1.71 bits per heavy atom. The van der Waals surface area contributed by atoms with Crippen LogP contribution in [0.5, 0.6) is 5.75 Å². The molecule has 1 rings (SSSR count). The molecule has 136 valence electrons. The van der Waals surface area contributed by atoms with Gasteiger partial charge in [-0.15, -0.1) is 0 Å². The minimum absolute atomic E-state index is 0.548. The predicted molar refractivity (Wildman–Crippen MR) is 103 cm³/mol. The lowest BCUT2D eigenvalue weighted by Crippen LogP contribution is -2.45. The molecule has 0 unspecified atom stereocenters. The summed E-state index contributed by atoms with van der Waals surface area (Å²) in [5.74, 6) is 1.78. The van der Waals surface area contributed by atoms with Gasteiger partial charge in [0, 0.05) is 38.8 Å². The van der Waals surface area contributed by atoms with Gasteiger partial charge in [-0.1, -0.05) is 18.2 Å². The maximum absolute atomic E-state index is 5.39. The number of nitrogens with zero attached hydrogens (tertiary/aromatic N) is 2. The highest BCUT2D eigenvalue weighted by Gasteiger charge is 2.12. The standard InChI is InChI=1S/C19H34N4O/c1-15(2)23(16(3)4)14-13-22-19(20-5)21-12-11-17-9-7-8-10-18(17)24-6/h7-10,15-16H,11-14H2,1-6H3,(H2,20,21,22). The zero-order valence-corrected chi connectivity index (χ0v) is 16.1. The second kappa shape index (κ2) is 10.9. The van der Waals surface area contributed by atoms with E-state index in [1.165, 1.54) is 5.56 Å². The number of para-hydroxylation sites is 1. The third-order valence-electron chi connectivity index (χ3n) is 4.09. The van der Waals surface area contributed by atoms with E-state index in [0.717, 1.165) is 37.8 Å². The molecule has 5 nitrogen and oxygen atoms in total. The molecule has 0 saturated heterocycles. The van der Waals surface area contributed by atoms with Gasteiger partial charge < -0.3 is 15.4 Å². The van der Waals surface area contributed by atoms with Gasteiger partial charge in [0.1, 0.15) is 5.75 Å². The first-order valence-electron chi connectivity index (χ1n) is 8.81. The number of nitrogens with one attached hydrogen (secondary N) is 2. The van der Waals surface area contributed by atoms with Gasteiger partial charge in [-0.3, -0.25) is 9.89 Å². The lowest BCUT2D eigenvalue weighted by Gasteiger charge is -2.30. The van der Waals surface area contributed by atoms with Crippen molar-refractivity contribution in [2.24, 2.45) is 4.99 Å². The van der Waals surface area contributed by atoms with Crippen molar-refractivity contribution in [3.63, 3.8) is 0 Å². The molecular weight excluding hydrogens is 300 g/mol. The molecule has 24 heavy (non-hydrogen) atoms. The summed E-state index contributed by atoms with van der Waals surface area (Å²) in [4.78, 5) is 6.76. The lowest BCUT2D eigenvalue weighted by atomic mass is 10.1. The summed E-state index contributed by atoms with van der Waals surface area (Å²) in [5, 5.41) is 6.76. The molecule has 1 aromatic carbocycles. The molecule has 1 aromatic rings. The minimum atomic E-state index is 0.548. The van der Waals surface area contributed by atoms with Crippen molar-refractivity contribution < 1.29 is 4.74 Å². The molecule has 0 fully saturated rings. The average Bonchev–Trinajstić information content (AvgIpc) is 2.56. The molecule has 0 heterocycles. The third-order valence-corrected chi connectivity index (χ3v) is 4.09. The van der Waals surface area contributed by atoms with Crippen LogP contribution in [-0.4, -0.2) is 56.7 Å². The van der Waals surface area contributed by atoms with Crippen molar-refractivity contribution in [3.05, 3.63) is 29.8 Å². The van der Waals surface area contributed by atoms with E-state index in [1.807, 2.05) is 18.2 Å². The Morgan fingerprint density at radius 1 is 1.08 bits per heavy atom. The topological polar surface area (TPSA) is 48.9 Å². The molecule has 5 heteroatoms. The molecule has 0 spiro atoms. The highest BCUT2D eigenvalue weighted by Crippen LogP contribution is 2.17. The average molecular weight is 335 g/mol. The van der Waals surface area contributed by atoms with Crippen LogP contribution in [0.25, 0.3) is 0 Å². The second-order valence-electron chi connectivity index (χ2n) is 6.41. The van der Waals surface area contributed by atoms with Crippen LogP contribution in [-0.2, 0) is 6.42 Å². The molecule has 2 N–H and O–H groups in total. The van der Waals surface area contributed by atoms with E-state index >= 15 is 0 Å². The first-order valence-corrected chi connectivity index (χ1v) is 8.81. The fourth-order valence-corrected chi connectivity index (χ4v) is 2.86. The van der Waals surface area contributed by atoms with Crippen molar-refractivity contribution in [1.29, 1.82) is 0 Å². The van der Waals surface area contributed by atoms with Crippen molar-refractivity contribution in [1.82, 2.24) is 15.5 Å². The second-order valence-corrected chi connectivity index (χ2v) is 6.41. The lowest BCUT2D eigenvalue weighted by molar-refractivity contribution is 0.178. The maximum atomic E-state index is 5.39. The quantitative estimate of drug-likeness (QED) is 0.538. The summed E-state index contributed by atoms with van der Waals surface area (Å²) in [6.07, 6.45) is 0.898. The summed E-state index contributed by atoms with van der Waals surface area (Å²) < 4.78 is 5.39. The van der Waals surface area contributed by atoms with Crippen LogP contribution in [0.4, 0.5) is 0 Å². The van der Waals surface area contributed by atoms with Crippen molar-refractivity contribution in [2.75, 3.05) is 33.8 Å². The zero-order valence-electron chi connectivity index (χ0n) is 16.1. The number of rotatable bonds is 9. The highest BCUT2D eigenvalue weighted by molar-refractivity contribution is 5.79. The molecule has 0 aliphatic rings. The molecule has 0 aromatic heterocycles. The van der Waals surface area contributed by atoms with E-state index < -0.39 is 0 Å². The number of hydrogen-bond acceptors (Lipinski definition) is 3. The summed E-state index contributed by atoms with van der Waals surface area (Å²) in [5.41, 5.74) is 1.20. The van der Waals surface area contributed by atoms with Crippen molar-refractivity contribution in [3.8, 4) is 5.75 Å². The van der Waals surface area contributed by atoms with E-state index in [4.69, 9.17) is 4.74 Å². The smallest absolute Gasteiger partial charge is 0.191 e. The molecule has 0 atom stereocenters. The molecule has 0 saturated carbocycles. The monoisotopic (exact) mass is 334 g/mol. The largest absolute Gasteiger partial charge is 0.496 e. The predicted octanol–water partition coefficient (Wildman–Crippen LogP) is 2.52. The zero-order chi connectivity index (χ0) is 17.9. The SMILES string of the molecule is CN=C(NCCc1ccccc1OC)NCCN(C(C)C)C(C)C. The highest BCUT2D eigenvalue weighted by atomic mass is 16.5. The van der Waals surface area contributed by atoms with E-state index in [2.05, 4.69) is 54.3 Å². The molecule has 0 aliphatic heterocycles. The Balaban J connectivity index is 2.38. The maximum Gasteiger partial charge on any atom is 0.191 e. The van der Waals surface area contributed by atoms with Crippen molar-refractivity contribution in [2.45, 2.75) is 46.2 Å². The van der Waals surface area contributed by atoms with Gasteiger partial charge in [-0.05, 0) is 45.7 Å². The van der Waals surface area contributed by atoms with Gasteiger partial charge in [-0.25, -0.2) is 0 Å². The molecular formula is C19H34N4O. The number of ether oxygens (including phenoxy) is 1. The Bertz CT molecular complexity index is 492. The van der Waals surface area contributed by atoms with Crippen LogP contribution >= 0.6 is 0 Å². The van der Waals surface area contributed by atoms with Gasteiger partial charge in [0.2, 0.25) is 0 Å². The van der Waals surface area contributed by atoms with Gasteiger partial charge in [0.05, 0.1) is 7.11 Å². The third kappa shape index (κ3) is 6.79. The minimum Gasteiger partial charge on any atom is -0.496 e. The van der Waals surface area contributed by atoms with E-state index in [9.17, 15) is 0 Å². The van der Waals surface area contributed by atoms with Crippen LogP contribution in [0.15, 0.2) is 29.3 Å². The van der Waals surface area contributed by atoms with Crippen LogP contribution in [0.1, 0.15) is 33.3 Å². The van der Waals surface area contributed by atoms with Gasteiger partial charge in [-0.2, -0.15) is 0 Å². The molecule has 0 radical (unpaired) electrons. The number of guanidine groups is 1. The normalized spacial score (nSPS) is 12.1. The molecule has 0 amide bonds. The molecule has 0 aliphatic carbocycles. The van der Waals surface area contributed by atoms with E-state index in [-0.39, 0.29) is 0 Å². The summed E-state index contributed by atoms with van der Waals surface area (Å²) >= 11 is 0. The summed E-state index contributed by atoms with van der Waals surface area (Å²) in [6, 6.07) is 9.22. The number of hydrogen-bond donors (Lipinski definition) is 2. The molecule has 0 bridgehead atoms. The van der Waals surface area contributed by atoms with Crippen LogP contribution < -0.4 is 15.4 Å². The number of benzene rings is 1. The van der Waals surface area contributed by atoms with Crippen LogP contribution in [0, 0.1) is 0 Å². The number of aliphatic imine (C=N–C) groups is 1. The van der Waals surface area contributed by atoms with Crippen LogP contribution in [0.2, 0.25) is 0 Å². The number of methoxy groups -OCH3 is 1. The van der Waals surface area contributed by atoms with Crippen molar-refractivity contribution >= 4 is 5.96 Å². The Morgan fingerprint density at radius 3 is 2.29 bits per heavy atom. The van der Waals surface area contributed by atoms with Crippen LogP contribution in [0.3, 0.4) is 0 Å². The summed E-state index contributed by atoms with van der Waals surface area (Å²) in [6.45, 7) is 11.6. The van der Waals surface area contributed by atoms with E-state index in [0.29, 0.717) is 12.1 Å². The van der Waals surface area contributed by atoms with Gasteiger partial charge in [0.25, 0.3) is 0 Å². The first-order chi connectivity index (χ1) is 11.5. The Labute approximate surface area is 147 Å². The fraction of sp³-hybridized carbons (Fsp3) is 0.632. The van der Waals surface area contributed by atoms with E-state index in [1.54, 1.807) is 14.2 Å². The Hall–Kier alpha value is -1.75.